The number of nitrogens with zero attached hydrogens (tertiary/aromatic N) is 2. The van der Waals surface area contributed by atoms with E-state index in [4.69, 9.17) is 14.2 Å². The maximum absolute atomic E-state index is 13.0. The first-order valence-electron chi connectivity index (χ1n) is 9.29. The van der Waals surface area contributed by atoms with Crippen molar-refractivity contribution in [3.8, 4) is 23.1 Å². The molecule has 0 fully saturated rings. The molecule has 4 rings (SSSR count). The van der Waals surface area contributed by atoms with E-state index in [0.717, 1.165) is 54.2 Å². The van der Waals surface area contributed by atoms with Gasteiger partial charge >= 0.3 is 0 Å². The highest BCUT2D eigenvalue weighted by Crippen LogP contribution is 2.35. The van der Waals surface area contributed by atoms with Gasteiger partial charge in [0.05, 0.1) is 24.7 Å². The number of halogens is 1. The zero-order valence-electron chi connectivity index (χ0n) is 15.7. The number of methoxy groups -OCH3 is 1. The van der Waals surface area contributed by atoms with Crippen LogP contribution < -0.4 is 14.2 Å². The average molecular weight is 380 g/mol. The number of aryl methyl sites for hydroxylation is 1. The first-order chi connectivity index (χ1) is 13.7. The molecular weight excluding hydrogens is 359 g/mol. The molecule has 1 aliphatic rings. The highest BCUT2D eigenvalue weighted by molar-refractivity contribution is 5.45. The second-order valence-electron chi connectivity index (χ2n) is 6.63. The summed E-state index contributed by atoms with van der Waals surface area (Å²) in [6, 6.07) is 12.3. The lowest BCUT2D eigenvalue weighted by molar-refractivity contribution is 0.285. The fourth-order valence-corrected chi connectivity index (χ4v) is 3.22. The van der Waals surface area contributed by atoms with Gasteiger partial charge in [-0.1, -0.05) is 0 Å². The quantitative estimate of drug-likeness (QED) is 0.610. The number of fused-ring (bicyclic) bond motifs is 1. The van der Waals surface area contributed by atoms with Crippen molar-refractivity contribution in [1.82, 2.24) is 9.97 Å². The third kappa shape index (κ3) is 4.22. The number of benzene rings is 1. The van der Waals surface area contributed by atoms with E-state index in [2.05, 4.69) is 9.97 Å². The molecule has 0 amide bonds. The lowest BCUT2D eigenvalue weighted by atomic mass is 9.95. The van der Waals surface area contributed by atoms with Gasteiger partial charge in [0.25, 0.3) is 0 Å². The van der Waals surface area contributed by atoms with E-state index in [-0.39, 0.29) is 12.4 Å². The predicted molar refractivity (Wildman–Crippen MR) is 102 cm³/mol. The van der Waals surface area contributed by atoms with Gasteiger partial charge in [-0.15, -0.1) is 0 Å². The summed E-state index contributed by atoms with van der Waals surface area (Å²) < 4.78 is 30.2. The van der Waals surface area contributed by atoms with Gasteiger partial charge < -0.3 is 14.2 Å². The Hall–Kier alpha value is -3.15. The normalized spacial score (nSPS) is 12.9. The predicted octanol–water partition coefficient (Wildman–Crippen LogP) is 4.87. The fourth-order valence-electron chi connectivity index (χ4n) is 3.22. The van der Waals surface area contributed by atoms with E-state index in [9.17, 15) is 4.39 Å². The van der Waals surface area contributed by atoms with Crippen LogP contribution in [0.2, 0.25) is 0 Å². The number of hydrogen-bond donors (Lipinski definition) is 0. The van der Waals surface area contributed by atoms with Crippen LogP contribution >= 0.6 is 0 Å². The number of pyridine rings is 2. The first-order valence-corrected chi connectivity index (χ1v) is 9.29. The summed E-state index contributed by atoms with van der Waals surface area (Å²) in [5, 5.41) is 0. The molecule has 0 atom stereocenters. The number of hydrogen-bond acceptors (Lipinski definition) is 5. The van der Waals surface area contributed by atoms with Crippen molar-refractivity contribution in [1.29, 1.82) is 0 Å². The molecule has 1 aliphatic carbocycles. The van der Waals surface area contributed by atoms with Crippen LogP contribution in [0.15, 0.2) is 48.7 Å². The van der Waals surface area contributed by atoms with Gasteiger partial charge in [0.2, 0.25) is 5.88 Å². The van der Waals surface area contributed by atoms with Crippen LogP contribution in [0.5, 0.6) is 23.1 Å². The molecule has 0 spiro atoms. The van der Waals surface area contributed by atoms with Crippen LogP contribution in [0.4, 0.5) is 4.39 Å². The summed E-state index contributed by atoms with van der Waals surface area (Å²) >= 11 is 0. The summed E-state index contributed by atoms with van der Waals surface area (Å²) in [5.41, 5.74) is 2.78. The molecule has 144 valence electrons. The van der Waals surface area contributed by atoms with Gasteiger partial charge in [-0.3, -0.25) is 4.98 Å². The Balaban J connectivity index is 1.57. The van der Waals surface area contributed by atoms with Gasteiger partial charge in [-0.05, 0) is 62.1 Å². The molecule has 0 aliphatic heterocycles. The maximum atomic E-state index is 13.0. The van der Waals surface area contributed by atoms with Crippen LogP contribution in [-0.2, 0) is 19.4 Å². The van der Waals surface area contributed by atoms with Gasteiger partial charge in [-0.25, -0.2) is 9.37 Å². The number of aromatic nitrogens is 2. The molecule has 0 unspecified atom stereocenters. The molecule has 5 nitrogen and oxygen atoms in total. The van der Waals surface area contributed by atoms with Crippen LogP contribution in [0.1, 0.15) is 29.8 Å². The topological polar surface area (TPSA) is 53.5 Å². The summed E-state index contributed by atoms with van der Waals surface area (Å²) in [4.78, 5) is 8.67. The fraction of sp³-hybridized carbons (Fsp3) is 0.273. The lowest BCUT2D eigenvalue weighted by Crippen LogP contribution is -2.09. The van der Waals surface area contributed by atoms with E-state index in [1.54, 1.807) is 13.2 Å². The van der Waals surface area contributed by atoms with Crippen LogP contribution in [0.25, 0.3) is 0 Å². The molecule has 0 saturated heterocycles. The summed E-state index contributed by atoms with van der Waals surface area (Å²) in [7, 11) is 1.63. The standard InChI is InChI=1S/C22H21FN2O3/c1-26-17-8-10-18(11-9-17)28-21-12-22(25-20-5-3-2-4-19(20)21)27-14-16-7-6-15(23)13-24-16/h6-13H,2-5,14H2,1H3. The minimum absolute atomic E-state index is 0.216. The Labute approximate surface area is 163 Å². The van der Waals surface area contributed by atoms with Crippen molar-refractivity contribution in [2.75, 3.05) is 7.11 Å². The highest BCUT2D eigenvalue weighted by atomic mass is 19.1. The molecule has 6 heteroatoms. The average Bonchev–Trinajstić information content (AvgIpc) is 2.74. The largest absolute Gasteiger partial charge is 0.497 e. The van der Waals surface area contributed by atoms with Crippen LogP contribution in [-0.4, -0.2) is 17.1 Å². The van der Waals surface area contributed by atoms with Crippen LogP contribution in [0.3, 0.4) is 0 Å². The Bertz CT molecular complexity index is 943. The van der Waals surface area contributed by atoms with Gasteiger partial charge in [0.15, 0.2) is 0 Å². The molecule has 2 aromatic heterocycles. The molecule has 1 aromatic carbocycles. The van der Waals surface area contributed by atoms with Crippen molar-refractivity contribution in [3.63, 3.8) is 0 Å². The third-order valence-electron chi connectivity index (χ3n) is 4.68. The second-order valence-corrected chi connectivity index (χ2v) is 6.63. The van der Waals surface area contributed by atoms with Crippen molar-refractivity contribution >= 4 is 0 Å². The molecule has 0 radical (unpaired) electrons. The highest BCUT2D eigenvalue weighted by Gasteiger charge is 2.19. The third-order valence-corrected chi connectivity index (χ3v) is 4.68. The molecular formula is C22H21FN2O3. The van der Waals surface area contributed by atoms with E-state index in [1.165, 1.54) is 12.3 Å². The number of ether oxygens (including phenoxy) is 3. The second kappa shape index (κ2) is 8.25. The summed E-state index contributed by atoms with van der Waals surface area (Å²) in [6.45, 7) is 0.216. The monoisotopic (exact) mass is 380 g/mol. The molecule has 0 saturated carbocycles. The molecule has 0 bridgehead atoms. The molecule has 3 aromatic rings. The van der Waals surface area contributed by atoms with E-state index in [1.807, 2.05) is 30.3 Å². The van der Waals surface area contributed by atoms with E-state index in [0.29, 0.717) is 11.6 Å². The maximum Gasteiger partial charge on any atom is 0.217 e. The first kappa shape index (κ1) is 18.2. The Morgan fingerprint density at radius 3 is 2.54 bits per heavy atom. The van der Waals surface area contributed by atoms with Gasteiger partial charge in [0.1, 0.15) is 29.7 Å². The molecule has 2 heterocycles. The van der Waals surface area contributed by atoms with E-state index < -0.39 is 0 Å². The smallest absolute Gasteiger partial charge is 0.217 e. The van der Waals surface area contributed by atoms with Crippen molar-refractivity contribution in [3.05, 3.63) is 71.4 Å². The zero-order chi connectivity index (χ0) is 19.3. The van der Waals surface area contributed by atoms with Crippen molar-refractivity contribution < 1.29 is 18.6 Å². The Morgan fingerprint density at radius 2 is 1.79 bits per heavy atom. The molecule has 28 heavy (non-hydrogen) atoms. The van der Waals surface area contributed by atoms with Gasteiger partial charge in [0, 0.05) is 11.6 Å². The molecule has 0 N–H and O–H groups in total. The van der Waals surface area contributed by atoms with Crippen LogP contribution in [0, 0.1) is 5.82 Å². The minimum atomic E-state index is -0.370. The van der Waals surface area contributed by atoms with E-state index >= 15 is 0 Å². The SMILES string of the molecule is COc1ccc(Oc2cc(OCc3ccc(F)cn3)nc3c2CCCC3)cc1. The summed E-state index contributed by atoms with van der Waals surface area (Å²) in [5.74, 6) is 2.38. The van der Waals surface area contributed by atoms with Crippen molar-refractivity contribution in [2.24, 2.45) is 0 Å². The summed E-state index contributed by atoms with van der Waals surface area (Å²) in [6.07, 6.45) is 5.24. The Morgan fingerprint density at radius 1 is 1.00 bits per heavy atom. The number of rotatable bonds is 6. The lowest BCUT2D eigenvalue weighted by Gasteiger charge is -2.20. The van der Waals surface area contributed by atoms with Gasteiger partial charge in [-0.2, -0.15) is 0 Å². The zero-order valence-corrected chi connectivity index (χ0v) is 15.7. The minimum Gasteiger partial charge on any atom is -0.497 e. The van der Waals surface area contributed by atoms with Crippen molar-refractivity contribution in [2.45, 2.75) is 32.3 Å². The Kier molecular flexibility index (Phi) is 5.37.